The minimum atomic E-state index is -0.0223. The number of carbonyl (C=O) groups excluding carboxylic acids is 2. The van der Waals surface area contributed by atoms with Crippen molar-refractivity contribution in [3.8, 4) is 5.75 Å². The molecule has 80 valence electrons. The lowest BCUT2D eigenvalue weighted by molar-refractivity contribution is 0.101. The van der Waals surface area contributed by atoms with Gasteiger partial charge in [0.15, 0.2) is 12.1 Å². The molecule has 0 atom stereocenters. The van der Waals surface area contributed by atoms with Crippen molar-refractivity contribution in [2.75, 3.05) is 6.61 Å². The van der Waals surface area contributed by atoms with Gasteiger partial charge in [-0.15, -0.1) is 0 Å². The molecular formula is C12H14O3. The summed E-state index contributed by atoms with van der Waals surface area (Å²) in [5.41, 5.74) is 1.82. The molecule has 0 bridgehead atoms. The maximum absolute atomic E-state index is 11.3. The van der Waals surface area contributed by atoms with Crippen LogP contribution in [0.3, 0.4) is 0 Å². The van der Waals surface area contributed by atoms with Gasteiger partial charge in [0, 0.05) is 11.1 Å². The first kappa shape index (κ1) is 11.4. The average Bonchev–Trinajstić information content (AvgIpc) is 2.20. The Kier molecular flexibility index (Phi) is 3.61. The number of carbonyl (C=O) groups is 2. The number of aldehydes is 1. The zero-order valence-corrected chi connectivity index (χ0v) is 9.16. The molecule has 0 spiro atoms. The molecular weight excluding hydrogens is 192 g/mol. The normalized spacial score (nSPS) is 9.80. The predicted molar refractivity (Wildman–Crippen MR) is 57.7 cm³/mol. The molecule has 0 saturated carbocycles. The van der Waals surface area contributed by atoms with Gasteiger partial charge in [-0.2, -0.15) is 0 Å². The summed E-state index contributed by atoms with van der Waals surface area (Å²) in [5, 5.41) is 0. The zero-order valence-electron chi connectivity index (χ0n) is 9.16. The number of rotatable bonds is 4. The van der Waals surface area contributed by atoms with Crippen LogP contribution in [-0.2, 0) is 0 Å². The lowest BCUT2D eigenvalue weighted by Gasteiger charge is -2.12. The molecule has 0 N–H and O–H groups in total. The highest BCUT2D eigenvalue weighted by molar-refractivity contribution is 5.97. The standard InChI is InChI=1S/C12H14O3/c1-4-15-12-8(2)11(9(3)14)6-5-10(12)7-13/h5-7H,4H2,1-3H3. The minimum absolute atomic E-state index is 0.0223. The fourth-order valence-electron chi connectivity index (χ4n) is 1.52. The van der Waals surface area contributed by atoms with E-state index in [-0.39, 0.29) is 5.78 Å². The number of hydrogen-bond donors (Lipinski definition) is 0. The van der Waals surface area contributed by atoms with Crippen molar-refractivity contribution in [1.29, 1.82) is 0 Å². The number of Topliss-reactive ketones (excluding diaryl/α,β-unsaturated/α-hetero) is 1. The summed E-state index contributed by atoms with van der Waals surface area (Å²) in [5.74, 6) is 0.492. The molecule has 1 rings (SSSR count). The van der Waals surface area contributed by atoms with Gasteiger partial charge in [0.1, 0.15) is 5.75 Å². The van der Waals surface area contributed by atoms with Crippen molar-refractivity contribution in [2.45, 2.75) is 20.8 Å². The van der Waals surface area contributed by atoms with Crippen LogP contribution >= 0.6 is 0 Å². The van der Waals surface area contributed by atoms with Crippen molar-refractivity contribution in [2.24, 2.45) is 0 Å². The molecule has 0 fully saturated rings. The molecule has 0 aliphatic carbocycles. The largest absolute Gasteiger partial charge is 0.493 e. The summed E-state index contributed by atoms with van der Waals surface area (Å²) in [6.45, 7) is 5.60. The molecule has 0 aromatic heterocycles. The van der Waals surface area contributed by atoms with E-state index in [0.29, 0.717) is 23.5 Å². The first-order chi connectivity index (χ1) is 7.11. The first-order valence-corrected chi connectivity index (χ1v) is 4.84. The lowest BCUT2D eigenvalue weighted by atomic mass is 10.0. The number of ketones is 1. The Hall–Kier alpha value is -1.64. The predicted octanol–water partition coefficient (Wildman–Crippen LogP) is 2.41. The van der Waals surface area contributed by atoms with E-state index >= 15 is 0 Å². The Morgan fingerprint density at radius 2 is 2.13 bits per heavy atom. The summed E-state index contributed by atoms with van der Waals surface area (Å²) < 4.78 is 5.37. The van der Waals surface area contributed by atoms with Crippen molar-refractivity contribution in [3.05, 3.63) is 28.8 Å². The van der Waals surface area contributed by atoms with E-state index in [2.05, 4.69) is 0 Å². The Labute approximate surface area is 89.1 Å². The fraction of sp³-hybridized carbons (Fsp3) is 0.333. The third-order valence-corrected chi connectivity index (χ3v) is 2.23. The molecule has 0 aliphatic rings. The van der Waals surface area contributed by atoms with E-state index in [1.807, 2.05) is 6.92 Å². The summed E-state index contributed by atoms with van der Waals surface area (Å²) >= 11 is 0. The van der Waals surface area contributed by atoms with Crippen LogP contribution in [0.2, 0.25) is 0 Å². The van der Waals surface area contributed by atoms with Gasteiger partial charge in [0.05, 0.1) is 12.2 Å². The van der Waals surface area contributed by atoms with Crippen LogP contribution in [-0.4, -0.2) is 18.7 Å². The van der Waals surface area contributed by atoms with Crippen LogP contribution in [0.5, 0.6) is 5.75 Å². The van der Waals surface area contributed by atoms with Gasteiger partial charge in [-0.3, -0.25) is 9.59 Å². The number of ether oxygens (including phenoxy) is 1. The Morgan fingerprint density at radius 1 is 1.47 bits per heavy atom. The van der Waals surface area contributed by atoms with Gasteiger partial charge in [-0.25, -0.2) is 0 Å². The highest BCUT2D eigenvalue weighted by Gasteiger charge is 2.12. The van der Waals surface area contributed by atoms with Crippen LogP contribution in [0.15, 0.2) is 12.1 Å². The average molecular weight is 206 g/mol. The maximum atomic E-state index is 11.3. The van der Waals surface area contributed by atoms with Crippen molar-refractivity contribution in [3.63, 3.8) is 0 Å². The molecule has 0 unspecified atom stereocenters. The van der Waals surface area contributed by atoms with Gasteiger partial charge in [-0.05, 0) is 26.8 Å². The highest BCUT2D eigenvalue weighted by atomic mass is 16.5. The molecule has 3 nitrogen and oxygen atoms in total. The van der Waals surface area contributed by atoms with Gasteiger partial charge < -0.3 is 4.74 Å². The minimum Gasteiger partial charge on any atom is -0.493 e. The third-order valence-electron chi connectivity index (χ3n) is 2.23. The number of hydrogen-bond acceptors (Lipinski definition) is 3. The van der Waals surface area contributed by atoms with E-state index in [4.69, 9.17) is 4.74 Å². The van der Waals surface area contributed by atoms with Crippen LogP contribution in [0, 0.1) is 6.92 Å². The molecule has 0 amide bonds. The molecule has 0 saturated heterocycles. The van der Waals surface area contributed by atoms with Crippen LogP contribution in [0.1, 0.15) is 40.1 Å². The summed E-state index contributed by atoms with van der Waals surface area (Å²) in [6.07, 6.45) is 0.738. The monoisotopic (exact) mass is 206 g/mol. The smallest absolute Gasteiger partial charge is 0.160 e. The van der Waals surface area contributed by atoms with Crippen molar-refractivity contribution >= 4 is 12.1 Å². The van der Waals surface area contributed by atoms with Crippen LogP contribution in [0.4, 0.5) is 0 Å². The molecule has 0 radical (unpaired) electrons. The maximum Gasteiger partial charge on any atom is 0.160 e. The third kappa shape index (κ3) is 2.24. The van der Waals surface area contributed by atoms with Crippen LogP contribution < -0.4 is 4.74 Å². The van der Waals surface area contributed by atoms with Crippen molar-refractivity contribution in [1.82, 2.24) is 0 Å². The van der Waals surface area contributed by atoms with E-state index in [1.54, 1.807) is 19.1 Å². The second kappa shape index (κ2) is 4.73. The SMILES string of the molecule is CCOc1c(C=O)ccc(C(C)=O)c1C. The topological polar surface area (TPSA) is 43.4 Å². The van der Waals surface area contributed by atoms with Gasteiger partial charge in [0.25, 0.3) is 0 Å². The summed E-state index contributed by atoms with van der Waals surface area (Å²) in [4.78, 5) is 22.0. The molecule has 0 heterocycles. The Balaban J connectivity index is 3.34. The van der Waals surface area contributed by atoms with Crippen molar-refractivity contribution < 1.29 is 14.3 Å². The first-order valence-electron chi connectivity index (χ1n) is 4.84. The summed E-state index contributed by atoms with van der Waals surface area (Å²) in [6, 6.07) is 3.27. The molecule has 0 aliphatic heterocycles. The second-order valence-electron chi connectivity index (χ2n) is 3.26. The van der Waals surface area contributed by atoms with Gasteiger partial charge in [0.2, 0.25) is 0 Å². The number of benzene rings is 1. The summed E-state index contributed by atoms with van der Waals surface area (Å²) in [7, 11) is 0. The van der Waals surface area contributed by atoms with Crippen LogP contribution in [0.25, 0.3) is 0 Å². The van der Waals surface area contributed by atoms with Gasteiger partial charge in [-0.1, -0.05) is 6.07 Å². The molecule has 3 heteroatoms. The van der Waals surface area contributed by atoms with E-state index in [1.165, 1.54) is 6.92 Å². The van der Waals surface area contributed by atoms with E-state index in [9.17, 15) is 9.59 Å². The van der Waals surface area contributed by atoms with Gasteiger partial charge >= 0.3 is 0 Å². The second-order valence-corrected chi connectivity index (χ2v) is 3.26. The zero-order chi connectivity index (χ0) is 11.4. The Bertz CT molecular complexity index is 394. The molecule has 1 aromatic rings. The fourth-order valence-corrected chi connectivity index (χ4v) is 1.52. The quantitative estimate of drug-likeness (QED) is 0.561. The Morgan fingerprint density at radius 3 is 2.60 bits per heavy atom. The molecule has 1 aromatic carbocycles. The van der Waals surface area contributed by atoms with E-state index < -0.39 is 0 Å². The van der Waals surface area contributed by atoms with E-state index in [0.717, 1.165) is 11.8 Å². The molecule has 15 heavy (non-hydrogen) atoms. The lowest BCUT2D eigenvalue weighted by Crippen LogP contribution is -2.04. The highest BCUT2D eigenvalue weighted by Crippen LogP contribution is 2.25.